The van der Waals surface area contributed by atoms with E-state index in [-0.39, 0.29) is 0 Å². The summed E-state index contributed by atoms with van der Waals surface area (Å²) in [5.41, 5.74) is 0.392. The average molecular weight is 210 g/mol. The molecule has 0 amide bonds. The van der Waals surface area contributed by atoms with Crippen molar-refractivity contribution >= 4 is 0 Å². The van der Waals surface area contributed by atoms with Crippen molar-refractivity contribution in [2.24, 2.45) is 5.92 Å². The summed E-state index contributed by atoms with van der Waals surface area (Å²) in [5.74, 6) is 1.03. The van der Waals surface area contributed by atoms with Crippen molar-refractivity contribution in [3.05, 3.63) is 0 Å². The molecule has 1 aliphatic heterocycles. The van der Waals surface area contributed by atoms with Crippen molar-refractivity contribution < 1.29 is 0 Å². The lowest BCUT2D eigenvalue weighted by Crippen LogP contribution is -2.53. The van der Waals surface area contributed by atoms with E-state index in [4.69, 9.17) is 0 Å². The average Bonchev–Trinajstić information content (AvgIpc) is 3.01. The Morgan fingerprint density at radius 1 is 1.33 bits per heavy atom. The molecule has 1 unspecified atom stereocenters. The summed E-state index contributed by atoms with van der Waals surface area (Å²) < 4.78 is 0. The molecule has 1 heterocycles. The van der Waals surface area contributed by atoms with E-state index in [9.17, 15) is 0 Å². The second-order valence-electron chi connectivity index (χ2n) is 5.72. The Balaban J connectivity index is 1.80. The summed E-state index contributed by atoms with van der Waals surface area (Å²) in [6.45, 7) is 9.73. The van der Waals surface area contributed by atoms with Gasteiger partial charge in [0.05, 0.1) is 0 Å². The summed E-state index contributed by atoms with van der Waals surface area (Å²) in [4.78, 5) is 2.65. The zero-order valence-electron chi connectivity index (χ0n) is 10.4. The Bertz CT molecular complexity index is 193. The van der Waals surface area contributed by atoms with Crippen LogP contribution in [-0.4, -0.2) is 36.6 Å². The quantitative estimate of drug-likeness (QED) is 0.749. The topological polar surface area (TPSA) is 15.3 Å². The Hall–Kier alpha value is -0.0800. The standard InChI is InChI=1S/C13H26N2/c1-3-15(10-12-6-7-12)11-13(2)8-4-5-9-14-13/h12,14H,3-11H2,1-2H3. The van der Waals surface area contributed by atoms with E-state index in [0.29, 0.717) is 5.54 Å². The molecule has 2 aliphatic rings. The lowest BCUT2D eigenvalue weighted by atomic mass is 9.90. The number of nitrogens with one attached hydrogen (secondary N) is 1. The van der Waals surface area contributed by atoms with Gasteiger partial charge >= 0.3 is 0 Å². The molecule has 0 radical (unpaired) electrons. The largest absolute Gasteiger partial charge is 0.310 e. The first-order valence-corrected chi connectivity index (χ1v) is 6.69. The first kappa shape index (κ1) is 11.4. The van der Waals surface area contributed by atoms with Crippen LogP contribution in [0.25, 0.3) is 0 Å². The molecule has 0 spiro atoms. The van der Waals surface area contributed by atoms with Crippen molar-refractivity contribution in [2.75, 3.05) is 26.2 Å². The molecule has 2 nitrogen and oxygen atoms in total. The van der Waals surface area contributed by atoms with Crippen LogP contribution in [0.1, 0.15) is 46.0 Å². The molecule has 0 bridgehead atoms. The molecule has 0 aromatic heterocycles. The van der Waals surface area contributed by atoms with Crippen LogP contribution < -0.4 is 5.32 Å². The highest BCUT2D eigenvalue weighted by Gasteiger charge is 2.30. The van der Waals surface area contributed by atoms with Crippen molar-refractivity contribution in [3.63, 3.8) is 0 Å². The van der Waals surface area contributed by atoms with Crippen molar-refractivity contribution in [1.29, 1.82) is 0 Å². The van der Waals surface area contributed by atoms with Gasteiger partial charge in [-0.25, -0.2) is 0 Å². The van der Waals surface area contributed by atoms with E-state index in [1.54, 1.807) is 0 Å². The zero-order valence-corrected chi connectivity index (χ0v) is 10.4. The molecular formula is C13H26N2. The highest BCUT2D eigenvalue weighted by molar-refractivity contribution is 4.90. The third-order valence-corrected chi connectivity index (χ3v) is 3.94. The number of piperidine rings is 1. The van der Waals surface area contributed by atoms with Crippen LogP contribution in [0.15, 0.2) is 0 Å². The van der Waals surface area contributed by atoms with Gasteiger partial charge in [-0.1, -0.05) is 13.3 Å². The first-order valence-electron chi connectivity index (χ1n) is 6.69. The van der Waals surface area contributed by atoms with Crippen LogP contribution in [-0.2, 0) is 0 Å². The molecule has 1 N–H and O–H groups in total. The van der Waals surface area contributed by atoms with Gasteiger partial charge in [0.25, 0.3) is 0 Å². The van der Waals surface area contributed by atoms with E-state index in [1.165, 1.54) is 58.3 Å². The Morgan fingerprint density at radius 2 is 2.13 bits per heavy atom. The Labute approximate surface area is 94.4 Å². The number of likely N-dealkylation sites (N-methyl/N-ethyl adjacent to an activating group) is 1. The van der Waals surface area contributed by atoms with Crippen molar-refractivity contribution in [2.45, 2.75) is 51.5 Å². The smallest absolute Gasteiger partial charge is 0.0280 e. The molecule has 1 atom stereocenters. The minimum Gasteiger partial charge on any atom is -0.310 e. The Kier molecular flexibility index (Phi) is 3.68. The van der Waals surface area contributed by atoms with Crippen molar-refractivity contribution in [3.8, 4) is 0 Å². The Morgan fingerprint density at radius 3 is 2.67 bits per heavy atom. The van der Waals surface area contributed by atoms with Crippen LogP contribution in [0.2, 0.25) is 0 Å². The molecule has 88 valence electrons. The van der Waals surface area contributed by atoms with Gasteiger partial charge in [-0.15, -0.1) is 0 Å². The van der Waals surface area contributed by atoms with Gasteiger partial charge in [0.2, 0.25) is 0 Å². The third-order valence-electron chi connectivity index (χ3n) is 3.94. The van der Waals surface area contributed by atoms with Crippen LogP contribution in [0.5, 0.6) is 0 Å². The number of hydrogen-bond acceptors (Lipinski definition) is 2. The molecule has 15 heavy (non-hydrogen) atoms. The lowest BCUT2D eigenvalue weighted by Gasteiger charge is -2.39. The van der Waals surface area contributed by atoms with E-state index >= 15 is 0 Å². The van der Waals surface area contributed by atoms with Gasteiger partial charge in [0.1, 0.15) is 0 Å². The van der Waals surface area contributed by atoms with Crippen LogP contribution >= 0.6 is 0 Å². The van der Waals surface area contributed by atoms with Gasteiger partial charge in [-0.05, 0) is 51.6 Å². The monoisotopic (exact) mass is 210 g/mol. The van der Waals surface area contributed by atoms with Gasteiger partial charge in [-0.2, -0.15) is 0 Å². The van der Waals surface area contributed by atoms with Crippen LogP contribution in [0.4, 0.5) is 0 Å². The molecule has 0 aromatic carbocycles. The molecule has 2 rings (SSSR count). The molecule has 0 aromatic rings. The highest BCUT2D eigenvalue weighted by atomic mass is 15.2. The molecule has 2 fully saturated rings. The highest BCUT2D eigenvalue weighted by Crippen LogP contribution is 2.30. The predicted octanol–water partition coefficient (Wildman–Crippen LogP) is 2.25. The second kappa shape index (κ2) is 4.84. The zero-order chi connectivity index (χ0) is 10.7. The fourth-order valence-electron chi connectivity index (χ4n) is 2.72. The summed E-state index contributed by atoms with van der Waals surface area (Å²) in [6.07, 6.45) is 7.07. The van der Waals surface area contributed by atoms with Gasteiger partial charge in [0.15, 0.2) is 0 Å². The third kappa shape index (κ3) is 3.46. The minimum absolute atomic E-state index is 0.392. The maximum absolute atomic E-state index is 3.71. The molecule has 1 saturated heterocycles. The minimum atomic E-state index is 0.392. The summed E-state index contributed by atoms with van der Waals surface area (Å²) in [5, 5.41) is 3.71. The van der Waals surface area contributed by atoms with Gasteiger partial charge in [-0.3, -0.25) is 0 Å². The molecule has 1 saturated carbocycles. The number of nitrogens with zero attached hydrogens (tertiary/aromatic N) is 1. The molecular weight excluding hydrogens is 184 g/mol. The molecule has 2 heteroatoms. The normalized spacial score (nSPS) is 32.2. The summed E-state index contributed by atoms with van der Waals surface area (Å²) in [6, 6.07) is 0. The second-order valence-corrected chi connectivity index (χ2v) is 5.72. The van der Waals surface area contributed by atoms with Crippen LogP contribution in [0, 0.1) is 5.92 Å². The molecule has 1 aliphatic carbocycles. The SMILES string of the molecule is CCN(CC1CC1)CC1(C)CCCCN1. The number of hydrogen-bond donors (Lipinski definition) is 1. The fraction of sp³-hybridized carbons (Fsp3) is 1.00. The van der Waals surface area contributed by atoms with Crippen molar-refractivity contribution in [1.82, 2.24) is 10.2 Å². The van der Waals surface area contributed by atoms with E-state index in [0.717, 1.165) is 5.92 Å². The maximum atomic E-state index is 3.71. The summed E-state index contributed by atoms with van der Waals surface area (Å²) >= 11 is 0. The predicted molar refractivity (Wildman–Crippen MR) is 65.1 cm³/mol. The van der Waals surface area contributed by atoms with Gasteiger partial charge in [0, 0.05) is 18.6 Å². The lowest BCUT2D eigenvalue weighted by molar-refractivity contribution is 0.164. The van der Waals surface area contributed by atoms with E-state index in [1.807, 2.05) is 0 Å². The van der Waals surface area contributed by atoms with E-state index < -0.39 is 0 Å². The maximum Gasteiger partial charge on any atom is 0.0280 e. The summed E-state index contributed by atoms with van der Waals surface area (Å²) in [7, 11) is 0. The van der Waals surface area contributed by atoms with Gasteiger partial charge < -0.3 is 10.2 Å². The van der Waals surface area contributed by atoms with Crippen LogP contribution in [0.3, 0.4) is 0 Å². The van der Waals surface area contributed by atoms with E-state index in [2.05, 4.69) is 24.1 Å². The number of rotatable bonds is 5. The first-order chi connectivity index (χ1) is 7.22. The fourth-order valence-corrected chi connectivity index (χ4v) is 2.72.